The van der Waals surface area contributed by atoms with E-state index in [1.807, 2.05) is 0 Å². The van der Waals surface area contributed by atoms with E-state index in [0.29, 0.717) is 12.3 Å². The fraction of sp³-hybridized carbons (Fsp3) is 1.00. The minimum absolute atomic E-state index is 0.0766. The second-order valence-electron chi connectivity index (χ2n) is 3.81. The predicted octanol–water partition coefficient (Wildman–Crippen LogP) is 6.15. The lowest BCUT2D eigenvalue weighted by molar-refractivity contribution is 0.585. The fourth-order valence-corrected chi connectivity index (χ4v) is 2.83. The molecule has 0 fully saturated rings. The van der Waals surface area contributed by atoms with E-state index < -0.39 is 3.79 Å². The molecule has 2 atom stereocenters. The van der Waals surface area contributed by atoms with Gasteiger partial charge in [-0.25, -0.2) is 0 Å². The number of hydrogen-bond donors (Lipinski definition) is 0. The Morgan fingerprint density at radius 1 is 0.812 bits per heavy atom. The largest absolute Gasteiger partial charge is 0.192 e. The van der Waals surface area contributed by atoms with Crippen LogP contribution in [0.3, 0.4) is 0 Å². The first kappa shape index (κ1) is 17.7. The third kappa shape index (κ3) is 12.2. The zero-order chi connectivity index (χ0) is 12.6. The molecule has 0 aromatic heterocycles. The maximum atomic E-state index is 6.03. The van der Waals surface area contributed by atoms with Crippen molar-refractivity contribution in [2.24, 2.45) is 0 Å². The molecule has 0 saturated heterocycles. The molecule has 6 heteroatoms. The van der Waals surface area contributed by atoms with Crippen molar-refractivity contribution in [2.75, 3.05) is 5.88 Å². The lowest BCUT2D eigenvalue weighted by atomic mass is 10.1. The van der Waals surface area contributed by atoms with Gasteiger partial charge in [-0.2, -0.15) is 0 Å². The first-order chi connectivity index (χ1) is 7.35. The molecule has 0 unspecified atom stereocenters. The zero-order valence-corrected chi connectivity index (χ0v) is 13.4. The van der Waals surface area contributed by atoms with Crippen molar-refractivity contribution >= 4 is 69.6 Å². The molecule has 98 valence electrons. The number of rotatable bonds is 8. The number of unbranched alkanes of at least 4 members (excludes halogenated alkanes) is 2. The summed E-state index contributed by atoms with van der Waals surface area (Å²) in [7, 11) is 0. The van der Waals surface area contributed by atoms with Crippen LogP contribution < -0.4 is 0 Å². The fourth-order valence-electron chi connectivity index (χ4n) is 1.34. The van der Waals surface area contributed by atoms with Gasteiger partial charge >= 0.3 is 0 Å². The van der Waals surface area contributed by atoms with Crippen LogP contribution in [0, 0.1) is 0 Å². The van der Waals surface area contributed by atoms with E-state index in [0.717, 1.165) is 32.1 Å². The van der Waals surface area contributed by atoms with Crippen LogP contribution in [0.15, 0.2) is 0 Å². The van der Waals surface area contributed by atoms with Crippen molar-refractivity contribution in [1.82, 2.24) is 0 Å². The number of hydrogen-bond acceptors (Lipinski definition) is 0. The Hall–Kier alpha value is 1.74. The smallest absolute Gasteiger partial charge is 0.125 e. The SMILES string of the molecule is ClC[C@@H](Cl)CCCCC[C@@H](Cl)CC(Cl)(Cl)Cl. The average Bonchev–Trinajstić information content (AvgIpc) is 2.14. The molecule has 0 rings (SSSR count). The van der Waals surface area contributed by atoms with E-state index in [1.54, 1.807) is 0 Å². The van der Waals surface area contributed by atoms with E-state index in [2.05, 4.69) is 0 Å². The summed E-state index contributed by atoms with van der Waals surface area (Å²) >= 11 is 34.4. The minimum Gasteiger partial charge on any atom is -0.125 e. The van der Waals surface area contributed by atoms with Crippen molar-refractivity contribution in [1.29, 1.82) is 0 Å². The van der Waals surface area contributed by atoms with Gasteiger partial charge in [-0.1, -0.05) is 54.1 Å². The second kappa shape index (κ2) is 9.64. The monoisotopic (exact) mass is 346 g/mol. The molecule has 0 aliphatic heterocycles. The molecule has 0 aliphatic rings. The molecular formula is C10H16Cl6. The van der Waals surface area contributed by atoms with E-state index in [9.17, 15) is 0 Å². The van der Waals surface area contributed by atoms with E-state index in [4.69, 9.17) is 69.6 Å². The molecule has 0 aromatic rings. The highest BCUT2D eigenvalue weighted by atomic mass is 35.6. The highest BCUT2D eigenvalue weighted by molar-refractivity contribution is 6.67. The van der Waals surface area contributed by atoms with Gasteiger partial charge < -0.3 is 0 Å². The summed E-state index contributed by atoms with van der Waals surface area (Å²) in [6.45, 7) is 0. The summed E-state index contributed by atoms with van der Waals surface area (Å²) in [6, 6.07) is 0. The third-order valence-electron chi connectivity index (χ3n) is 2.16. The Morgan fingerprint density at radius 2 is 1.31 bits per heavy atom. The molecule has 0 amide bonds. The Kier molecular flexibility index (Phi) is 10.7. The van der Waals surface area contributed by atoms with Gasteiger partial charge in [-0.05, 0) is 12.8 Å². The van der Waals surface area contributed by atoms with Crippen LogP contribution in [0.25, 0.3) is 0 Å². The maximum Gasteiger partial charge on any atom is 0.192 e. The second-order valence-corrected chi connectivity index (χ2v) is 7.87. The van der Waals surface area contributed by atoms with Gasteiger partial charge in [0.05, 0.1) is 0 Å². The van der Waals surface area contributed by atoms with Crippen LogP contribution in [0.4, 0.5) is 0 Å². The van der Waals surface area contributed by atoms with Crippen molar-refractivity contribution < 1.29 is 0 Å². The Bertz CT molecular complexity index is 167. The van der Waals surface area contributed by atoms with E-state index >= 15 is 0 Å². The lowest BCUT2D eigenvalue weighted by Gasteiger charge is -2.15. The molecule has 0 aliphatic carbocycles. The maximum absolute atomic E-state index is 6.03. The molecule has 0 heterocycles. The van der Waals surface area contributed by atoms with E-state index in [1.165, 1.54) is 0 Å². The Balaban J connectivity index is 3.38. The molecule has 0 spiro atoms. The average molecular weight is 349 g/mol. The first-order valence-corrected chi connectivity index (χ1v) is 7.80. The Morgan fingerprint density at radius 3 is 1.75 bits per heavy atom. The van der Waals surface area contributed by atoms with Crippen molar-refractivity contribution in [3.63, 3.8) is 0 Å². The highest BCUT2D eigenvalue weighted by Crippen LogP contribution is 2.34. The summed E-state index contributed by atoms with van der Waals surface area (Å²) in [5.74, 6) is 0.507. The molecule has 0 N–H and O–H groups in total. The molecule has 0 aromatic carbocycles. The van der Waals surface area contributed by atoms with E-state index in [-0.39, 0.29) is 10.8 Å². The van der Waals surface area contributed by atoms with Gasteiger partial charge in [0, 0.05) is 23.1 Å². The van der Waals surface area contributed by atoms with Crippen LogP contribution in [0.1, 0.15) is 38.5 Å². The first-order valence-electron chi connectivity index (χ1n) is 5.26. The van der Waals surface area contributed by atoms with Crippen LogP contribution in [0.5, 0.6) is 0 Å². The van der Waals surface area contributed by atoms with Gasteiger partial charge in [-0.15, -0.1) is 34.8 Å². The summed E-state index contributed by atoms with van der Waals surface area (Å²) in [4.78, 5) is 0. The standard InChI is InChI=1S/C10H16Cl6/c11-7-9(13)5-3-1-2-4-8(12)6-10(14,15)16/h8-9H,1-7H2/t8-,9+/m1/s1. The molecular weight excluding hydrogens is 333 g/mol. The molecule has 0 bridgehead atoms. The molecule has 0 saturated carbocycles. The van der Waals surface area contributed by atoms with Crippen molar-refractivity contribution in [3.05, 3.63) is 0 Å². The molecule has 0 radical (unpaired) electrons. The van der Waals surface area contributed by atoms with Gasteiger partial charge in [0.25, 0.3) is 0 Å². The van der Waals surface area contributed by atoms with Gasteiger partial charge in [-0.3, -0.25) is 0 Å². The van der Waals surface area contributed by atoms with Crippen LogP contribution in [-0.4, -0.2) is 20.4 Å². The molecule has 0 nitrogen and oxygen atoms in total. The summed E-state index contributed by atoms with van der Waals surface area (Å²) in [6.07, 6.45) is 5.38. The van der Waals surface area contributed by atoms with Crippen LogP contribution in [-0.2, 0) is 0 Å². The summed E-state index contributed by atoms with van der Waals surface area (Å²) in [5, 5.41) is 0.00182. The highest BCUT2D eigenvalue weighted by Gasteiger charge is 2.23. The molecule has 16 heavy (non-hydrogen) atoms. The van der Waals surface area contributed by atoms with Gasteiger partial charge in [0.2, 0.25) is 0 Å². The lowest BCUT2D eigenvalue weighted by Crippen LogP contribution is -2.11. The zero-order valence-electron chi connectivity index (χ0n) is 8.87. The normalized spacial score (nSPS) is 16.1. The predicted molar refractivity (Wildman–Crippen MR) is 78.0 cm³/mol. The number of alkyl halides is 6. The van der Waals surface area contributed by atoms with Crippen molar-refractivity contribution in [2.45, 2.75) is 53.1 Å². The van der Waals surface area contributed by atoms with Crippen LogP contribution in [0.2, 0.25) is 0 Å². The van der Waals surface area contributed by atoms with Gasteiger partial charge in [0.15, 0.2) is 3.79 Å². The summed E-state index contributed by atoms with van der Waals surface area (Å²) in [5.41, 5.74) is 0. The minimum atomic E-state index is -1.24. The quantitative estimate of drug-likeness (QED) is 0.364. The third-order valence-corrected chi connectivity index (χ3v) is 3.89. The topological polar surface area (TPSA) is 0 Å². The Labute approximate surface area is 128 Å². The van der Waals surface area contributed by atoms with Gasteiger partial charge in [0.1, 0.15) is 0 Å². The number of halogens is 6. The van der Waals surface area contributed by atoms with Crippen LogP contribution >= 0.6 is 69.6 Å². The summed E-state index contributed by atoms with van der Waals surface area (Å²) < 4.78 is -1.24. The van der Waals surface area contributed by atoms with Crippen molar-refractivity contribution in [3.8, 4) is 0 Å².